The smallest absolute Gasteiger partial charge is 0.254 e. The summed E-state index contributed by atoms with van der Waals surface area (Å²) in [4.78, 5) is 39.6. The minimum absolute atomic E-state index is 0.0910. The normalized spacial score (nSPS) is 15.4. The number of imide groups is 1. The van der Waals surface area contributed by atoms with Crippen LogP contribution < -0.4 is 9.47 Å². The number of nitrogens with zero attached hydrogens (tertiary/aromatic N) is 2. The first kappa shape index (κ1) is 19.9. The Kier molecular flexibility index (Phi) is 5.70. The standard InChI is InChI=1S/C23H24N2O5/c1-2-24(15-18-4-3-5-19-22(18)30-13-12-29-19)23(28)17-8-6-16(7-9-17)14-25-20(26)10-11-21(25)27/h3-9H,2,10-15H2,1H3. The van der Waals surface area contributed by atoms with Crippen LogP contribution in [0, 0.1) is 0 Å². The minimum Gasteiger partial charge on any atom is -0.486 e. The Morgan fingerprint density at radius 2 is 1.70 bits per heavy atom. The van der Waals surface area contributed by atoms with Crippen molar-refractivity contribution < 1.29 is 23.9 Å². The van der Waals surface area contributed by atoms with E-state index in [0.29, 0.717) is 43.4 Å². The van der Waals surface area contributed by atoms with Gasteiger partial charge in [0.05, 0.1) is 6.54 Å². The molecule has 2 aromatic carbocycles. The number of amides is 3. The highest BCUT2D eigenvalue weighted by molar-refractivity contribution is 6.01. The van der Waals surface area contributed by atoms with Crippen LogP contribution in [0.1, 0.15) is 41.3 Å². The molecule has 0 N–H and O–H groups in total. The fourth-order valence-electron chi connectivity index (χ4n) is 3.71. The largest absolute Gasteiger partial charge is 0.486 e. The van der Waals surface area contributed by atoms with Crippen LogP contribution >= 0.6 is 0 Å². The lowest BCUT2D eigenvalue weighted by atomic mass is 10.1. The molecule has 2 aliphatic rings. The van der Waals surface area contributed by atoms with E-state index in [1.54, 1.807) is 29.2 Å². The predicted molar refractivity (Wildman–Crippen MR) is 109 cm³/mol. The number of para-hydroxylation sites is 1. The number of fused-ring (bicyclic) bond motifs is 1. The van der Waals surface area contributed by atoms with Crippen molar-refractivity contribution in [2.75, 3.05) is 19.8 Å². The Morgan fingerprint density at radius 1 is 1.00 bits per heavy atom. The molecular weight excluding hydrogens is 384 g/mol. The van der Waals surface area contributed by atoms with Gasteiger partial charge in [-0.15, -0.1) is 0 Å². The number of rotatable bonds is 6. The number of hydrogen-bond donors (Lipinski definition) is 0. The molecule has 1 saturated heterocycles. The van der Waals surface area contributed by atoms with Gasteiger partial charge in [-0.2, -0.15) is 0 Å². The first-order chi connectivity index (χ1) is 14.6. The molecule has 0 aromatic heterocycles. The molecule has 30 heavy (non-hydrogen) atoms. The molecule has 156 valence electrons. The summed E-state index contributed by atoms with van der Waals surface area (Å²) < 4.78 is 11.4. The van der Waals surface area contributed by atoms with E-state index in [0.717, 1.165) is 11.1 Å². The summed E-state index contributed by atoms with van der Waals surface area (Å²) in [6.07, 6.45) is 0.553. The van der Waals surface area contributed by atoms with E-state index in [2.05, 4.69) is 0 Å². The lowest BCUT2D eigenvalue weighted by molar-refractivity contribution is -0.139. The van der Waals surface area contributed by atoms with Gasteiger partial charge in [-0.3, -0.25) is 19.3 Å². The summed E-state index contributed by atoms with van der Waals surface area (Å²) in [5, 5.41) is 0. The lowest BCUT2D eigenvalue weighted by Gasteiger charge is -2.25. The van der Waals surface area contributed by atoms with Crippen LogP contribution in [0.3, 0.4) is 0 Å². The third-order valence-electron chi connectivity index (χ3n) is 5.37. The molecule has 3 amide bonds. The summed E-state index contributed by atoms with van der Waals surface area (Å²) in [6.45, 7) is 4.16. The fourth-order valence-corrected chi connectivity index (χ4v) is 3.71. The highest BCUT2D eigenvalue weighted by Gasteiger charge is 2.28. The Morgan fingerprint density at radius 3 is 2.40 bits per heavy atom. The van der Waals surface area contributed by atoms with Crippen molar-refractivity contribution in [2.24, 2.45) is 0 Å². The van der Waals surface area contributed by atoms with Crippen molar-refractivity contribution in [2.45, 2.75) is 32.9 Å². The van der Waals surface area contributed by atoms with Gasteiger partial charge in [0, 0.05) is 37.1 Å². The van der Waals surface area contributed by atoms with Gasteiger partial charge in [0.15, 0.2) is 11.5 Å². The van der Waals surface area contributed by atoms with E-state index in [1.807, 2.05) is 25.1 Å². The van der Waals surface area contributed by atoms with Crippen LogP contribution in [-0.2, 0) is 22.7 Å². The monoisotopic (exact) mass is 408 g/mol. The van der Waals surface area contributed by atoms with E-state index in [1.165, 1.54) is 4.90 Å². The van der Waals surface area contributed by atoms with Crippen molar-refractivity contribution in [3.8, 4) is 11.5 Å². The number of hydrogen-bond acceptors (Lipinski definition) is 5. The molecule has 2 aromatic rings. The third-order valence-corrected chi connectivity index (χ3v) is 5.37. The van der Waals surface area contributed by atoms with Gasteiger partial charge in [-0.1, -0.05) is 24.3 Å². The number of carbonyl (C=O) groups excluding carboxylic acids is 3. The zero-order valence-electron chi connectivity index (χ0n) is 16.9. The van der Waals surface area contributed by atoms with Gasteiger partial charge in [-0.25, -0.2) is 0 Å². The summed E-state index contributed by atoms with van der Waals surface area (Å²) in [6, 6.07) is 12.8. The number of benzene rings is 2. The van der Waals surface area contributed by atoms with Gasteiger partial charge in [0.1, 0.15) is 13.2 Å². The third kappa shape index (κ3) is 4.01. The number of ether oxygens (including phenoxy) is 2. The second-order valence-corrected chi connectivity index (χ2v) is 7.33. The van der Waals surface area contributed by atoms with Crippen molar-refractivity contribution in [3.05, 3.63) is 59.2 Å². The lowest BCUT2D eigenvalue weighted by Crippen LogP contribution is -2.31. The van der Waals surface area contributed by atoms with Crippen LogP contribution in [0.15, 0.2) is 42.5 Å². The van der Waals surface area contributed by atoms with Gasteiger partial charge in [-0.05, 0) is 30.7 Å². The first-order valence-electron chi connectivity index (χ1n) is 10.2. The molecule has 1 fully saturated rings. The van der Waals surface area contributed by atoms with Crippen molar-refractivity contribution in [1.29, 1.82) is 0 Å². The Hall–Kier alpha value is -3.35. The van der Waals surface area contributed by atoms with Gasteiger partial charge in [0.2, 0.25) is 11.8 Å². The van der Waals surface area contributed by atoms with E-state index in [-0.39, 0.29) is 37.1 Å². The molecular formula is C23H24N2O5. The quantitative estimate of drug-likeness (QED) is 0.687. The molecule has 4 rings (SSSR count). The van der Waals surface area contributed by atoms with Gasteiger partial charge < -0.3 is 14.4 Å². The zero-order valence-corrected chi connectivity index (χ0v) is 16.9. The van der Waals surface area contributed by atoms with Gasteiger partial charge in [0.25, 0.3) is 5.91 Å². The molecule has 7 nitrogen and oxygen atoms in total. The van der Waals surface area contributed by atoms with E-state index < -0.39 is 0 Å². The molecule has 2 heterocycles. The maximum Gasteiger partial charge on any atom is 0.254 e. The molecule has 2 aliphatic heterocycles. The van der Waals surface area contributed by atoms with E-state index in [9.17, 15) is 14.4 Å². The summed E-state index contributed by atoms with van der Waals surface area (Å²) in [7, 11) is 0. The molecule has 7 heteroatoms. The van der Waals surface area contributed by atoms with E-state index >= 15 is 0 Å². The van der Waals surface area contributed by atoms with Gasteiger partial charge >= 0.3 is 0 Å². The average Bonchev–Trinajstić information content (AvgIpc) is 3.09. The molecule has 0 saturated carbocycles. The molecule has 0 aliphatic carbocycles. The van der Waals surface area contributed by atoms with Crippen molar-refractivity contribution in [3.63, 3.8) is 0 Å². The molecule has 0 radical (unpaired) electrons. The second-order valence-electron chi connectivity index (χ2n) is 7.33. The fraction of sp³-hybridized carbons (Fsp3) is 0.348. The number of likely N-dealkylation sites (tertiary alicyclic amines) is 1. The molecule has 0 unspecified atom stereocenters. The summed E-state index contributed by atoms with van der Waals surface area (Å²) in [5.74, 6) is 1.03. The van der Waals surface area contributed by atoms with Crippen LogP contribution in [0.5, 0.6) is 11.5 Å². The van der Waals surface area contributed by atoms with Crippen LogP contribution in [-0.4, -0.2) is 47.3 Å². The van der Waals surface area contributed by atoms with Crippen molar-refractivity contribution in [1.82, 2.24) is 9.80 Å². The van der Waals surface area contributed by atoms with Crippen LogP contribution in [0.2, 0.25) is 0 Å². The first-order valence-corrected chi connectivity index (χ1v) is 10.2. The molecule has 0 bridgehead atoms. The maximum absolute atomic E-state index is 13.0. The average molecular weight is 408 g/mol. The van der Waals surface area contributed by atoms with Crippen LogP contribution in [0.25, 0.3) is 0 Å². The molecule has 0 atom stereocenters. The highest BCUT2D eigenvalue weighted by Crippen LogP contribution is 2.34. The number of carbonyl (C=O) groups is 3. The summed E-state index contributed by atoms with van der Waals surface area (Å²) in [5.41, 5.74) is 2.28. The zero-order chi connectivity index (χ0) is 21.1. The highest BCUT2D eigenvalue weighted by atomic mass is 16.6. The second kappa shape index (κ2) is 8.57. The minimum atomic E-state index is -0.144. The van der Waals surface area contributed by atoms with Crippen LogP contribution in [0.4, 0.5) is 0 Å². The van der Waals surface area contributed by atoms with Crippen molar-refractivity contribution >= 4 is 17.7 Å². The predicted octanol–water partition coefficient (Wildman–Crippen LogP) is 2.77. The Labute approximate surface area is 175 Å². The van der Waals surface area contributed by atoms with E-state index in [4.69, 9.17) is 9.47 Å². The maximum atomic E-state index is 13.0. The summed E-state index contributed by atoms with van der Waals surface area (Å²) >= 11 is 0. The Bertz CT molecular complexity index is 954. The topological polar surface area (TPSA) is 76.2 Å². The molecule has 0 spiro atoms. The SMILES string of the molecule is CCN(Cc1cccc2c1OCCO2)C(=O)c1ccc(CN2C(=O)CCC2=O)cc1. The Balaban J connectivity index is 1.46.